The number of rotatable bonds is 8. The van der Waals surface area contributed by atoms with E-state index in [2.05, 4.69) is 17.3 Å². The number of hydrogen-bond donors (Lipinski definition) is 1. The number of para-hydroxylation sites is 1. The van der Waals surface area contributed by atoms with Gasteiger partial charge < -0.3 is 10.1 Å². The van der Waals surface area contributed by atoms with E-state index in [4.69, 9.17) is 16.3 Å². The number of hydrogen-bond acceptors (Lipinski definition) is 3. The molecular formula is C22H24ClN3O2. The van der Waals surface area contributed by atoms with Crippen molar-refractivity contribution in [2.75, 3.05) is 13.7 Å². The predicted molar refractivity (Wildman–Crippen MR) is 112 cm³/mol. The van der Waals surface area contributed by atoms with Crippen LogP contribution in [0.25, 0.3) is 16.9 Å². The van der Waals surface area contributed by atoms with Gasteiger partial charge in [0.05, 0.1) is 23.5 Å². The van der Waals surface area contributed by atoms with E-state index in [0.29, 0.717) is 28.6 Å². The molecule has 0 bridgehead atoms. The molecule has 0 aliphatic rings. The summed E-state index contributed by atoms with van der Waals surface area (Å²) in [6, 6.07) is 16.7. The standard InChI is InChI=1S/C22H24ClN3O2/c1-3-4-7-13-24-22(27)21-15-19(16-9-8-10-17(14-16)28-2)25-26(21)20-12-6-5-11-18(20)23/h5-6,8-12,14-15H,3-4,7,13H2,1-2H3,(H,24,27). The van der Waals surface area contributed by atoms with E-state index in [1.807, 2.05) is 42.5 Å². The Morgan fingerprint density at radius 2 is 1.96 bits per heavy atom. The molecule has 28 heavy (non-hydrogen) atoms. The summed E-state index contributed by atoms with van der Waals surface area (Å²) in [6.45, 7) is 2.77. The molecule has 0 saturated carbocycles. The molecule has 0 fully saturated rings. The Labute approximate surface area is 170 Å². The number of carbonyl (C=O) groups is 1. The topological polar surface area (TPSA) is 56.1 Å². The maximum absolute atomic E-state index is 12.8. The van der Waals surface area contributed by atoms with Crippen LogP contribution in [0.3, 0.4) is 0 Å². The van der Waals surface area contributed by atoms with Crippen LogP contribution in [-0.2, 0) is 0 Å². The summed E-state index contributed by atoms with van der Waals surface area (Å²) in [7, 11) is 1.62. The highest BCUT2D eigenvalue weighted by molar-refractivity contribution is 6.32. The Hall–Kier alpha value is -2.79. The summed E-state index contributed by atoms with van der Waals surface area (Å²) in [5.74, 6) is 0.563. The van der Waals surface area contributed by atoms with Gasteiger partial charge in [0, 0.05) is 12.1 Å². The molecule has 0 aliphatic heterocycles. The number of methoxy groups -OCH3 is 1. The van der Waals surface area contributed by atoms with Gasteiger partial charge in [0.2, 0.25) is 0 Å². The number of nitrogens with zero attached hydrogens (tertiary/aromatic N) is 2. The highest BCUT2D eigenvalue weighted by atomic mass is 35.5. The Morgan fingerprint density at radius 1 is 1.14 bits per heavy atom. The zero-order chi connectivity index (χ0) is 19.9. The van der Waals surface area contributed by atoms with Gasteiger partial charge in [-0.05, 0) is 36.8 Å². The van der Waals surface area contributed by atoms with Crippen LogP contribution in [0.4, 0.5) is 0 Å². The number of amides is 1. The lowest BCUT2D eigenvalue weighted by molar-refractivity contribution is 0.0945. The molecule has 0 aliphatic carbocycles. The average molecular weight is 398 g/mol. The van der Waals surface area contributed by atoms with Gasteiger partial charge in [-0.25, -0.2) is 4.68 Å². The van der Waals surface area contributed by atoms with Crippen molar-refractivity contribution in [3.05, 3.63) is 65.3 Å². The average Bonchev–Trinajstić information content (AvgIpc) is 3.17. The van der Waals surface area contributed by atoms with Gasteiger partial charge in [-0.1, -0.05) is 55.6 Å². The molecule has 3 rings (SSSR count). The van der Waals surface area contributed by atoms with Crippen molar-refractivity contribution in [2.45, 2.75) is 26.2 Å². The van der Waals surface area contributed by atoms with Crippen molar-refractivity contribution < 1.29 is 9.53 Å². The van der Waals surface area contributed by atoms with Crippen molar-refractivity contribution >= 4 is 17.5 Å². The largest absolute Gasteiger partial charge is 0.497 e. The van der Waals surface area contributed by atoms with E-state index in [1.165, 1.54) is 0 Å². The summed E-state index contributed by atoms with van der Waals surface area (Å²) in [4.78, 5) is 12.8. The normalized spacial score (nSPS) is 10.7. The highest BCUT2D eigenvalue weighted by Crippen LogP contribution is 2.27. The van der Waals surface area contributed by atoms with Crippen LogP contribution >= 0.6 is 11.6 Å². The molecule has 1 N–H and O–H groups in total. The lowest BCUT2D eigenvalue weighted by atomic mass is 10.1. The van der Waals surface area contributed by atoms with Crippen LogP contribution in [0.5, 0.6) is 5.75 Å². The molecule has 1 amide bonds. The molecule has 0 spiro atoms. The summed E-state index contributed by atoms with van der Waals surface area (Å²) in [5.41, 5.74) is 2.65. The number of nitrogens with one attached hydrogen (secondary N) is 1. The van der Waals surface area contributed by atoms with Crippen molar-refractivity contribution in [1.82, 2.24) is 15.1 Å². The molecule has 146 valence electrons. The lowest BCUT2D eigenvalue weighted by Gasteiger charge is -2.09. The number of unbranched alkanes of at least 4 members (excludes halogenated alkanes) is 2. The Kier molecular flexibility index (Phi) is 6.71. The van der Waals surface area contributed by atoms with Crippen LogP contribution in [0.2, 0.25) is 5.02 Å². The fourth-order valence-electron chi connectivity index (χ4n) is 2.94. The van der Waals surface area contributed by atoms with E-state index < -0.39 is 0 Å². The van der Waals surface area contributed by atoms with Gasteiger partial charge in [0.1, 0.15) is 11.4 Å². The van der Waals surface area contributed by atoms with Crippen LogP contribution < -0.4 is 10.1 Å². The highest BCUT2D eigenvalue weighted by Gasteiger charge is 2.19. The van der Waals surface area contributed by atoms with Crippen LogP contribution in [0.1, 0.15) is 36.7 Å². The van der Waals surface area contributed by atoms with Crippen molar-refractivity contribution in [2.24, 2.45) is 0 Å². The maximum Gasteiger partial charge on any atom is 0.270 e. The second-order valence-electron chi connectivity index (χ2n) is 6.47. The number of ether oxygens (including phenoxy) is 1. The van der Waals surface area contributed by atoms with Gasteiger partial charge in [-0.3, -0.25) is 4.79 Å². The Balaban J connectivity index is 2.00. The third-order valence-corrected chi connectivity index (χ3v) is 4.77. The fourth-order valence-corrected chi connectivity index (χ4v) is 3.16. The summed E-state index contributed by atoms with van der Waals surface area (Å²) in [6.07, 6.45) is 3.14. The van der Waals surface area contributed by atoms with Crippen LogP contribution in [0, 0.1) is 0 Å². The molecule has 1 aromatic heterocycles. The second kappa shape index (κ2) is 9.42. The van der Waals surface area contributed by atoms with E-state index in [9.17, 15) is 4.79 Å². The Bertz CT molecular complexity index is 952. The Morgan fingerprint density at radius 3 is 2.71 bits per heavy atom. The fraction of sp³-hybridized carbons (Fsp3) is 0.273. The van der Waals surface area contributed by atoms with E-state index >= 15 is 0 Å². The molecule has 0 atom stereocenters. The maximum atomic E-state index is 12.8. The molecular weight excluding hydrogens is 374 g/mol. The summed E-state index contributed by atoms with van der Waals surface area (Å²) in [5, 5.41) is 8.18. The van der Waals surface area contributed by atoms with Crippen molar-refractivity contribution in [1.29, 1.82) is 0 Å². The zero-order valence-corrected chi connectivity index (χ0v) is 16.9. The van der Waals surface area contributed by atoms with E-state index in [1.54, 1.807) is 23.9 Å². The molecule has 2 aromatic carbocycles. The minimum atomic E-state index is -0.169. The van der Waals surface area contributed by atoms with Gasteiger partial charge in [-0.15, -0.1) is 0 Å². The first-order valence-electron chi connectivity index (χ1n) is 9.41. The minimum Gasteiger partial charge on any atom is -0.497 e. The third-order valence-electron chi connectivity index (χ3n) is 4.45. The second-order valence-corrected chi connectivity index (χ2v) is 6.88. The molecule has 3 aromatic rings. The summed E-state index contributed by atoms with van der Waals surface area (Å²) >= 11 is 6.37. The molecule has 0 saturated heterocycles. The smallest absolute Gasteiger partial charge is 0.270 e. The molecule has 6 heteroatoms. The van der Waals surface area contributed by atoms with Gasteiger partial charge >= 0.3 is 0 Å². The predicted octanol–water partition coefficient (Wildman–Crippen LogP) is 5.12. The first kappa shape index (κ1) is 20.0. The van der Waals surface area contributed by atoms with Crippen molar-refractivity contribution in [3.63, 3.8) is 0 Å². The molecule has 5 nitrogen and oxygen atoms in total. The first-order chi connectivity index (χ1) is 13.6. The van der Waals surface area contributed by atoms with Gasteiger partial charge in [-0.2, -0.15) is 5.10 Å². The number of aromatic nitrogens is 2. The monoisotopic (exact) mass is 397 g/mol. The SMILES string of the molecule is CCCCCNC(=O)c1cc(-c2cccc(OC)c2)nn1-c1ccccc1Cl. The number of carbonyl (C=O) groups excluding carboxylic acids is 1. The minimum absolute atomic E-state index is 0.169. The van der Waals surface area contributed by atoms with E-state index in [-0.39, 0.29) is 5.91 Å². The first-order valence-corrected chi connectivity index (χ1v) is 9.79. The molecule has 0 unspecified atom stereocenters. The van der Waals surface area contributed by atoms with Crippen LogP contribution in [-0.4, -0.2) is 29.3 Å². The molecule has 0 radical (unpaired) electrons. The van der Waals surface area contributed by atoms with Crippen LogP contribution in [0.15, 0.2) is 54.6 Å². The lowest BCUT2D eigenvalue weighted by Crippen LogP contribution is -2.26. The van der Waals surface area contributed by atoms with Gasteiger partial charge in [0.15, 0.2) is 0 Å². The van der Waals surface area contributed by atoms with Gasteiger partial charge in [0.25, 0.3) is 5.91 Å². The molecule has 1 heterocycles. The number of halogens is 1. The summed E-state index contributed by atoms with van der Waals surface area (Å²) < 4.78 is 6.91. The van der Waals surface area contributed by atoms with E-state index in [0.717, 1.165) is 30.6 Å². The zero-order valence-electron chi connectivity index (χ0n) is 16.1. The quantitative estimate of drug-likeness (QED) is 0.536. The number of benzene rings is 2. The third kappa shape index (κ3) is 4.54. The van der Waals surface area contributed by atoms with Crippen molar-refractivity contribution in [3.8, 4) is 22.7 Å².